The summed E-state index contributed by atoms with van der Waals surface area (Å²) < 4.78 is 23.1. The van der Waals surface area contributed by atoms with Crippen molar-refractivity contribution in [3.8, 4) is 0 Å². The molecule has 0 aromatic heterocycles. The summed E-state index contributed by atoms with van der Waals surface area (Å²) in [6.45, 7) is 0. The van der Waals surface area contributed by atoms with Crippen molar-refractivity contribution in [1.82, 2.24) is 0 Å². The fourth-order valence-electron chi connectivity index (χ4n) is 2.11. The number of rotatable bonds is 7. The van der Waals surface area contributed by atoms with E-state index in [2.05, 4.69) is 5.32 Å². The normalized spacial score (nSPS) is 12.6. The van der Waals surface area contributed by atoms with Crippen molar-refractivity contribution >= 4 is 30.6 Å². The fraction of sp³-hybridized carbons (Fsp3) is 0.200. The molecule has 0 heterocycles. The molecule has 128 valence electrons. The van der Waals surface area contributed by atoms with E-state index in [1.807, 2.05) is 0 Å². The largest absolute Gasteiger partial charge is 0.368 e. The van der Waals surface area contributed by atoms with Gasteiger partial charge in [0.1, 0.15) is 0 Å². The van der Waals surface area contributed by atoms with E-state index in [1.165, 1.54) is 38.5 Å². The van der Waals surface area contributed by atoms with Crippen molar-refractivity contribution in [3.05, 3.63) is 69.2 Å². The second-order valence-electron chi connectivity index (χ2n) is 4.81. The van der Waals surface area contributed by atoms with Crippen molar-refractivity contribution < 1.29 is 18.5 Å². The van der Waals surface area contributed by atoms with Crippen LogP contribution in [0.25, 0.3) is 0 Å². The summed E-state index contributed by atoms with van der Waals surface area (Å²) in [4.78, 5) is 10.2. The van der Waals surface area contributed by atoms with Crippen LogP contribution in [0.2, 0.25) is 5.02 Å². The maximum Gasteiger partial charge on any atom is 0.356 e. The lowest BCUT2D eigenvalue weighted by Crippen LogP contribution is -2.13. The minimum absolute atomic E-state index is 0.0368. The molecule has 1 atom stereocenters. The van der Waals surface area contributed by atoms with Crippen LogP contribution in [0.15, 0.2) is 48.5 Å². The Morgan fingerprint density at radius 2 is 1.62 bits per heavy atom. The number of hydrogen-bond acceptors (Lipinski definition) is 6. The lowest BCUT2D eigenvalue weighted by Gasteiger charge is -2.26. The molecule has 0 aliphatic carbocycles. The number of anilines is 1. The Morgan fingerprint density at radius 1 is 1.08 bits per heavy atom. The minimum atomic E-state index is -3.51. The Labute approximate surface area is 144 Å². The topological polar surface area (TPSA) is 90.7 Å². The van der Waals surface area contributed by atoms with Crippen LogP contribution in [0.5, 0.6) is 0 Å². The van der Waals surface area contributed by atoms with E-state index < -0.39 is 18.3 Å². The first-order valence-electron chi connectivity index (χ1n) is 6.87. The summed E-state index contributed by atoms with van der Waals surface area (Å²) in [6, 6.07) is 12.5. The Kier molecular flexibility index (Phi) is 5.96. The molecular formula is C15H16ClN2O5P. The van der Waals surface area contributed by atoms with E-state index >= 15 is 0 Å². The molecule has 0 spiro atoms. The first-order chi connectivity index (χ1) is 11.4. The maximum atomic E-state index is 12.9. The first kappa shape index (κ1) is 18.4. The van der Waals surface area contributed by atoms with Crippen LogP contribution in [0.4, 0.5) is 11.4 Å². The van der Waals surface area contributed by atoms with Gasteiger partial charge in [0.25, 0.3) is 5.69 Å². The predicted molar refractivity (Wildman–Crippen MR) is 92.5 cm³/mol. The monoisotopic (exact) mass is 370 g/mol. The number of nitro benzene ring substituents is 1. The standard InChI is InChI=1S/C15H16ClN2O5P/c1-22-24(21,23-2)15(11-3-5-12(16)6-4-11)17-13-7-9-14(10-8-13)18(19)20/h3-10,15,17H,1-2H3/t15-/m1/s1. The molecule has 1 N–H and O–H groups in total. The Bertz CT molecular complexity index is 743. The van der Waals surface area contributed by atoms with E-state index in [1.54, 1.807) is 24.3 Å². The minimum Gasteiger partial charge on any atom is -0.368 e. The molecule has 2 rings (SSSR count). The van der Waals surface area contributed by atoms with Crippen LogP contribution in [-0.4, -0.2) is 19.1 Å². The van der Waals surface area contributed by atoms with E-state index in [0.29, 0.717) is 16.3 Å². The highest BCUT2D eigenvalue weighted by molar-refractivity contribution is 7.54. The summed E-state index contributed by atoms with van der Waals surface area (Å²) in [5.74, 6) is -0.800. The maximum absolute atomic E-state index is 12.9. The van der Waals surface area contributed by atoms with Gasteiger partial charge in [0.15, 0.2) is 5.78 Å². The van der Waals surface area contributed by atoms with E-state index in [0.717, 1.165) is 0 Å². The zero-order valence-corrected chi connectivity index (χ0v) is 14.7. The number of benzene rings is 2. The summed E-state index contributed by atoms with van der Waals surface area (Å²) in [5, 5.41) is 14.3. The molecule has 0 amide bonds. The van der Waals surface area contributed by atoms with Crippen LogP contribution < -0.4 is 5.32 Å². The number of hydrogen-bond donors (Lipinski definition) is 1. The van der Waals surface area contributed by atoms with Gasteiger partial charge in [-0.3, -0.25) is 14.7 Å². The third-order valence-electron chi connectivity index (χ3n) is 3.39. The number of nitrogens with zero attached hydrogens (tertiary/aromatic N) is 1. The zero-order chi connectivity index (χ0) is 17.7. The van der Waals surface area contributed by atoms with Crippen molar-refractivity contribution in [3.63, 3.8) is 0 Å². The van der Waals surface area contributed by atoms with Gasteiger partial charge in [-0.2, -0.15) is 0 Å². The van der Waals surface area contributed by atoms with Gasteiger partial charge in [-0.1, -0.05) is 23.7 Å². The summed E-state index contributed by atoms with van der Waals surface area (Å²) in [7, 11) is -0.920. The molecule has 0 aliphatic heterocycles. The molecule has 0 fully saturated rings. The SMILES string of the molecule is COP(=O)(OC)[C@@H](Nc1ccc([N+](=O)[O-])cc1)c1ccc(Cl)cc1. The first-order valence-corrected chi connectivity index (χ1v) is 8.86. The molecular weight excluding hydrogens is 355 g/mol. The van der Waals surface area contributed by atoms with Crippen molar-refractivity contribution in [1.29, 1.82) is 0 Å². The van der Waals surface area contributed by atoms with Gasteiger partial charge in [-0.25, -0.2) is 0 Å². The second kappa shape index (κ2) is 7.77. The van der Waals surface area contributed by atoms with Crippen LogP contribution >= 0.6 is 19.2 Å². The molecule has 0 aliphatic rings. The number of halogens is 1. The van der Waals surface area contributed by atoms with Gasteiger partial charge < -0.3 is 14.4 Å². The van der Waals surface area contributed by atoms with Gasteiger partial charge in [0.05, 0.1) is 4.92 Å². The van der Waals surface area contributed by atoms with E-state index in [4.69, 9.17) is 20.6 Å². The summed E-state index contributed by atoms with van der Waals surface area (Å²) in [5.41, 5.74) is 1.14. The zero-order valence-electron chi connectivity index (χ0n) is 13.0. The van der Waals surface area contributed by atoms with Crippen molar-refractivity contribution in [2.75, 3.05) is 19.5 Å². The van der Waals surface area contributed by atoms with E-state index in [-0.39, 0.29) is 5.69 Å². The van der Waals surface area contributed by atoms with Crippen LogP contribution in [-0.2, 0) is 13.6 Å². The average molecular weight is 371 g/mol. The number of nitrogens with one attached hydrogen (secondary N) is 1. The van der Waals surface area contributed by atoms with Gasteiger partial charge in [0, 0.05) is 37.1 Å². The number of nitro groups is 1. The third kappa shape index (κ3) is 4.13. The Morgan fingerprint density at radius 3 is 2.08 bits per heavy atom. The smallest absolute Gasteiger partial charge is 0.356 e. The molecule has 0 saturated carbocycles. The average Bonchev–Trinajstić information content (AvgIpc) is 2.60. The lowest BCUT2D eigenvalue weighted by molar-refractivity contribution is -0.384. The highest BCUT2D eigenvalue weighted by Gasteiger charge is 2.35. The highest BCUT2D eigenvalue weighted by atomic mass is 35.5. The molecule has 7 nitrogen and oxygen atoms in total. The summed E-state index contributed by atoms with van der Waals surface area (Å²) in [6.07, 6.45) is 0. The molecule has 24 heavy (non-hydrogen) atoms. The quantitative estimate of drug-likeness (QED) is 0.426. The Balaban J connectivity index is 2.37. The van der Waals surface area contributed by atoms with Gasteiger partial charge in [0.2, 0.25) is 0 Å². The Hall–Kier alpha value is -1.92. The van der Waals surface area contributed by atoms with Crippen molar-refractivity contribution in [2.45, 2.75) is 5.78 Å². The van der Waals surface area contributed by atoms with Crippen LogP contribution in [0.1, 0.15) is 11.3 Å². The second-order valence-corrected chi connectivity index (χ2v) is 7.57. The van der Waals surface area contributed by atoms with E-state index in [9.17, 15) is 14.7 Å². The molecule has 0 bridgehead atoms. The third-order valence-corrected chi connectivity index (χ3v) is 5.72. The summed E-state index contributed by atoms with van der Waals surface area (Å²) >= 11 is 5.89. The highest BCUT2D eigenvalue weighted by Crippen LogP contribution is 2.59. The predicted octanol–water partition coefficient (Wildman–Crippen LogP) is 4.84. The lowest BCUT2D eigenvalue weighted by atomic mass is 10.2. The molecule has 0 unspecified atom stereocenters. The molecule has 0 saturated heterocycles. The van der Waals surface area contributed by atoms with Gasteiger partial charge in [-0.15, -0.1) is 0 Å². The number of non-ortho nitro benzene ring substituents is 1. The van der Waals surface area contributed by atoms with Gasteiger partial charge >= 0.3 is 7.60 Å². The van der Waals surface area contributed by atoms with Crippen molar-refractivity contribution in [2.24, 2.45) is 0 Å². The van der Waals surface area contributed by atoms with Gasteiger partial charge in [-0.05, 0) is 29.8 Å². The molecule has 0 radical (unpaired) electrons. The molecule has 9 heteroatoms. The van der Waals surface area contributed by atoms with Crippen LogP contribution in [0, 0.1) is 10.1 Å². The molecule has 2 aromatic rings. The fourth-order valence-corrected chi connectivity index (χ4v) is 3.65. The molecule has 2 aromatic carbocycles. The van der Waals surface area contributed by atoms with Crippen LogP contribution in [0.3, 0.4) is 0 Å².